The Hall–Kier alpha value is -1.35. The number of unbranched alkanes of at least 4 members (excludes halogenated alkanes) is 3. The van der Waals surface area contributed by atoms with Crippen LogP contribution in [0, 0.1) is 28.1 Å². The van der Waals surface area contributed by atoms with Crippen molar-refractivity contribution in [3.63, 3.8) is 0 Å². The van der Waals surface area contributed by atoms with Crippen molar-refractivity contribution in [1.29, 1.82) is 10.5 Å². The molecule has 3 nitrogen and oxygen atoms in total. The summed E-state index contributed by atoms with van der Waals surface area (Å²) in [7, 11) is 0. The maximum absolute atomic E-state index is 11.4. The molecule has 0 amide bonds. The maximum Gasteiger partial charge on any atom is 0.198 e. The van der Waals surface area contributed by atoms with E-state index in [1.807, 2.05) is 0 Å². The molecule has 0 fully saturated rings. The van der Waals surface area contributed by atoms with Gasteiger partial charge in [0, 0.05) is 6.42 Å². The molecule has 0 saturated heterocycles. The molecule has 0 aliphatic rings. The summed E-state index contributed by atoms with van der Waals surface area (Å²) >= 11 is 0. The van der Waals surface area contributed by atoms with E-state index in [1.165, 1.54) is 6.92 Å². The zero-order valence-electron chi connectivity index (χ0n) is 8.84. The van der Waals surface area contributed by atoms with Gasteiger partial charge in [-0.2, -0.15) is 10.5 Å². The molecule has 3 heteroatoms. The second kappa shape index (κ2) is 6.16. The maximum atomic E-state index is 11.4. The highest BCUT2D eigenvalue weighted by Gasteiger charge is 2.31. The van der Waals surface area contributed by atoms with Crippen molar-refractivity contribution in [3.05, 3.63) is 0 Å². The van der Waals surface area contributed by atoms with E-state index in [-0.39, 0.29) is 5.78 Å². The van der Waals surface area contributed by atoms with E-state index in [0.29, 0.717) is 6.42 Å². The summed E-state index contributed by atoms with van der Waals surface area (Å²) in [6.45, 7) is 3.48. The molecule has 0 atom stereocenters. The quantitative estimate of drug-likeness (QED) is 0.607. The van der Waals surface area contributed by atoms with Crippen molar-refractivity contribution in [2.24, 2.45) is 5.41 Å². The summed E-state index contributed by atoms with van der Waals surface area (Å²) in [5.74, 6) is -0.251. The van der Waals surface area contributed by atoms with Gasteiger partial charge in [0.25, 0.3) is 0 Å². The van der Waals surface area contributed by atoms with E-state index in [2.05, 4.69) is 6.92 Å². The molecule has 0 bridgehead atoms. The van der Waals surface area contributed by atoms with Gasteiger partial charge in [-0.3, -0.25) is 4.79 Å². The Labute approximate surface area is 85.3 Å². The van der Waals surface area contributed by atoms with Crippen LogP contribution in [0.4, 0.5) is 0 Å². The lowest BCUT2D eigenvalue weighted by molar-refractivity contribution is -0.123. The Morgan fingerprint density at radius 2 is 1.79 bits per heavy atom. The Morgan fingerprint density at radius 3 is 2.21 bits per heavy atom. The number of nitrogens with zero attached hydrogens (tertiary/aromatic N) is 2. The van der Waals surface area contributed by atoms with Crippen LogP contribution in [0.1, 0.15) is 46.0 Å². The molecule has 0 aliphatic carbocycles. The van der Waals surface area contributed by atoms with Gasteiger partial charge in [0.2, 0.25) is 0 Å². The number of nitriles is 2. The predicted molar refractivity (Wildman–Crippen MR) is 53.1 cm³/mol. The molecule has 0 aromatic heterocycles. The van der Waals surface area contributed by atoms with Gasteiger partial charge < -0.3 is 0 Å². The Kier molecular flexibility index (Phi) is 5.56. The van der Waals surface area contributed by atoms with Gasteiger partial charge in [0.05, 0.1) is 12.1 Å². The van der Waals surface area contributed by atoms with Crippen LogP contribution < -0.4 is 0 Å². The van der Waals surface area contributed by atoms with Crippen molar-refractivity contribution in [2.75, 3.05) is 0 Å². The largest absolute Gasteiger partial charge is 0.297 e. The first-order chi connectivity index (χ1) is 6.60. The van der Waals surface area contributed by atoms with Gasteiger partial charge in [-0.1, -0.05) is 26.2 Å². The number of carbonyl (C=O) groups excluding carboxylic acids is 1. The van der Waals surface area contributed by atoms with Crippen LogP contribution in [0.5, 0.6) is 0 Å². The lowest BCUT2D eigenvalue weighted by Crippen LogP contribution is -2.23. The summed E-state index contributed by atoms with van der Waals surface area (Å²) in [5, 5.41) is 17.3. The number of hydrogen-bond acceptors (Lipinski definition) is 3. The molecule has 76 valence electrons. The topological polar surface area (TPSA) is 64.7 Å². The van der Waals surface area contributed by atoms with Gasteiger partial charge in [0.1, 0.15) is 0 Å². The lowest BCUT2D eigenvalue weighted by atomic mass is 9.86. The van der Waals surface area contributed by atoms with Crippen molar-refractivity contribution < 1.29 is 4.79 Å². The minimum Gasteiger partial charge on any atom is -0.297 e. The monoisotopic (exact) mass is 192 g/mol. The highest BCUT2D eigenvalue weighted by molar-refractivity contribution is 5.89. The Balaban J connectivity index is 3.98. The van der Waals surface area contributed by atoms with E-state index in [0.717, 1.165) is 25.7 Å². The number of Topliss-reactive ketones (excluding diaryl/α,β-unsaturated/α-hetero) is 1. The van der Waals surface area contributed by atoms with Crippen LogP contribution >= 0.6 is 0 Å². The fraction of sp³-hybridized carbons (Fsp3) is 0.727. The lowest BCUT2D eigenvalue weighted by Gasteiger charge is -2.09. The normalized spacial score (nSPS) is 10.3. The third-order valence-corrected chi connectivity index (χ3v) is 2.26. The average molecular weight is 192 g/mol. The summed E-state index contributed by atoms with van der Waals surface area (Å²) in [4.78, 5) is 11.4. The van der Waals surface area contributed by atoms with Crippen LogP contribution in [0.3, 0.4) is 0 Å². The molecular formula is C11H16N2O. The number of ketones is 1. The molecule has 0 rings (SSSR count). The minimum absolute atomic E-state index is 0.251. The predicted octanol–water partition coefficient (Wildman–Crippen LogP) is 2.58. The number of rotatable bonds is 6. The van der Waals surface area contributed by atoms with Gasteiger partial charge in [-0.25, -0.2) is 0 Å². The molecule has 0 N–H and O–H groups in total. The molecule has 0 heterocycles. The second-order valence-electron chi connectivity index (χ2n) is 3.58. The van der Waals surface area contributed by atoms with Crippen LogP contribution in [0.25, 0.3) is 0 Å². The molecule has 0 aliphatic heterocycles. The SMILES string of the molecule is CCCCCCC(=O)C(C)(C#N)C#N. The zero-order valence-corrected chi connectivity index (χ0v) is 8.84. The van der Waals surface area contributed by atoms with E-state index < -0.39 is 5.41 Å². The number of hydrogen-bond donors (Lipinski definition) is 0. The Bertz CT molecular complexity index is 256. The van der Waals surface area contributed by atoms with Gasteiger partial charge in [0.15, 0.2) is 11.2 Å². The van der Waals surface area contributed by atoms with Gasteiger partial charge in [-0.15, -0.1) is 0 Å². The third-order valence-electron chi connectivity index (χ3n) is 2.26. The fourth-order valence-corrected chi connectivity index (χ4v) is 1.11. The van der Waals surface area contributed by atoms with E-state index in [9.17, 15) is 4.79 Å². The van der Waals surface area contributed by atoms with Crippen LogP contribution in [-0.2, 0) is 4.79 Å². The highest BCUT2D eigenvalue weighted by Crippen LogP contribution is 2.18. The summed E-state index contributed by atoms with van der Waals surface area (Å²) in [5.41, 5.74) is -1.44. The first-order valence-electron chi connectivity index (χ1n) is 4.96. The van der Waals surface area contributed by atoms with Gasteiger partial charge in [-0.05, 0) is 13.3 Å². The van der Waals surface area contributed by atoms with Crippen LogP contribution in [-0.4, -0.2) is 5.78 Å². The molecule has 0 radical (unpaired) electrons. The molecule has 0 aromatic carbocycles. The second-order valence-corrected chi connectivity index (χ2v) is 3.58. The van der Waals surface area contributed by atoms with Crippen molar-refractivity contribution in [1.82, 2.24) is 0 Å². The van der Waals surface area contributed by atoms with E-state index in [1.54, 1.807) is 12.1 Å². The standard InChI is InChI=1S/C11H16N2O/c1-3-4-5-6-7-10(14)11(2,8-12)9-13/h3-7H2,1-2H3. The molecule has 0 saturated carbocycles. The highest BCUT2D eigenvalue weighted by atomic mass is 16.1. The van der Waals surface area contributed by atoms with Crippen molar-refractivity contribution >= 4 is 5.78 Å². The smallest absolute Gasteiger partial charge is 0.198 e. The molecule has 0 unspecified atom stereocenters. The van der Waals surface area contributed by atoms with Crippen molar-refractivity contribution in [3.8, 4) is 12.1 Å². The van der Waals surface area contributed by atoms with Crippen LogP contribution in [0.2, 0.25) is 0 Å². The van der Waals surface area contributed by atoms with E-state index in [4.69, 9.17) is 10.5 Å². The summed E-state index contributed by atoms with van der Waals surface area (Å²) < 4.78 is 0. The minimum atomic E-state index is -1.44. The van der Waals surface area contributed by atoms with Gasteiger partial charge >= 0.3 is 0 Å². The van der Waals surface area contributed by atoms with Crippen molar-refractivity contribution in [2.45, 2.75) is 46.0 Å². The summed E-state index contributed by atoms with van der Waals surface area (Å²) in [6, 6.07) is 3.52. The number of carbonyl (C=O) groups is 1. The van der Waals surface area contributed by atoms with Crippen LogP contribution in [0.15, 0.2) is 0 Å². The summed E-state index contributed by atoms with van der Waals surface area (Å²) in [6.07, 6.45) is 4.34. The third kappa shape index (κ3) is 3.58. The molecule has 14 heavy (non-hydrogen) atoms. The first kappa shape index (κ1) is 12.7. The zero-order chi connectivity index (χ0) is 11.0. The molecular weight excluding hydrogens is 176 g/mol. The Morgan fingerprint density at radius 1 is 1.21 bits per heavy atom. The first-order valence-corrected chi connectivity index (χ1v) is 4.96. The molecule has 0 spiro atoms. The fourth-order valence-electron chi connectivity index (χ4n) is 1.11. The van der Waals surface area contributed by atoms with E-state index >= 15 is 0 Å². The average Bonchev–Trinajstić information content (AvgIpc) is 2.22. The molecule has 0 aromatic rings.